The van der Waals surface area contributed by atoms with Crippen molar-refractivity contribution in [1.29, 1.82) is 0 Å². The molecule has 2 rings (SSSR count). The SMILES string of the molecule is C#CC(=O)C1Cc2ccccc2CN1. The number of rotatable bonds is 1. The maximum atomic E-state index is 11.3. The Labute approximate surface area is 83.3 Å². The van der Waals surface area contributed by atoms with Gasteiger partial charge in [-0.25, -0.2) is 0 Å². The number of benzene rings is 1. The summed E-state index contributed by atoms with van der Waals surface area (Å²) in [5, 5.41) is 3.13. The second-order valence-electron chi connectivity index (χ2n) is 3.41. The van der Waals surface area contributed by atoms with E-state index in [4.69, 9.17) is 6.42 Å². The molecule has 1 aliphatic rings. The van der Waals surface area contributed by atoms with E-state index in [-0.39, 0.29) is 11.8 Å². The third kappa shape index (κ3) is 1.55. The van der Waals surface area contributed by atoms with Gasteiger partial charge in [0.1, 0.15) is 0 Å². The van der Waals surface area contributed by atoms with Gasteiger partial charge >= 0.3 is 0 Å². The molecule has 0 fully saturated rings. The number of hydrogen-bond acceptors (Lipinski definition) is 2. The molecule has 0 saturated heterocycles. The molecule has 0 bridgehead atoms. The van der Waals surface area contributed by atoms with Crippen LogP contribution in [0.3, 0.4) is 0 Å². The minimum absolute atomic E-state index is 0.153. The van der Waals surface area contributed by atoms with Crippen molar-refractivity contribution < 1.29 is 4.79 Å². The van der Waals surface area contributed by atoms with Crippen molar-refractivity contribution in [1.82, 2.24) is 5.32 Å². The first-order valence-electron chi connectivity index (χ1n) is 4.62. The summed E-state index contributed by atoms with van der Waals surface area (Å²) in [6.07, 6.45) is 5.79. The van der Waals surface area contributed by atoms with Gasteiger partial charge in [0.15, 0.2) is 0 Å². The molecule has 0 aliphatic carbocycles. The van der Waals surface area contributed by atoms with E-state index in [1.54, 1.807) is 0 Å². The van der Waals surface area contributed by atoms with Crippen LogP contribution in [0.2, 0.25) is 0 Å². The van der Waals surface area contributed by atoms with E-state index in [1.807, 2.05) is 18.2 Å². The zero-order valence-corrected chi connectivity index (χ0v) is 7.79. The van der Waals surface area contributed by atoms with Crippen LogP contribution >= 0.6 is 0 Å². The smallest absolute Gasteiger partial charge is 0.222 e. The zero-order chi connectivity index (χ0) is 9.97. The summed E-state index contributed by atoms with van der Waals surface area (Å²) in [6, 6.07) is 7.91. The van der Waals surface area contributed by atoms with Crippen LogP contribution in [-0.2, 0) is 17.8 Å². The lowest BCUT2D eigenvalue weighted by atomic mass is 9.94. The molecule has 0 amide bonds. The Bertz CT molecular complexity index is 403. The monoisotopic (exact) mass is 185 g/mol. The van der Waals surface area contributed by atoms with E-state index in [0.717, 1.165) is 6.54 Å². The molecular formula is C12H11NO. The van der Waals surface area contributed by atoms with Crippen LogP contribution < -0.4 is 5.32 Å². The second kappa shape index (κ2) is 3.65. The van der Waals surface area contributed by atoms with E-state index in [2.05, 4.69) is 17.3 Å². The highest BCUT2D eigenvalue weighted by Gasteiger charge is 2.21. The lowest BCUT2D eigenvalue weighted by Gasteiger charge is -2.23. The molecule has 0 saturated carbocycles. The molecule has 0 aromatic heterocycles. The van der Waals surface area contributed by atoms with Crippen LogP contribution in [0.5, 0.6) is 0 Å². The number of carbonyl (C=O) groups excluding carboxylic acids is 1. The van der Waals surface area contributed by atoms with Crippen LogP contribution in [0.25, 0.3) is 0 Å². The zero-order valence-electron chi connectivity index (χ0n) is 7.79. The summed E-state index contributed by atoms with van der Waals surface area (Å²) in [5.41, 5.74) is 2.48. The first-order chi connectivity index (χ1) is 6.81. The first kappa shape index (κ1) is 8.98. The van der Waals surface area contributed by atoms with E-state index in [9.17, 15) is 4.79 Å². The van der Waals surface area contributed by atoms with Gasteiger partial charge in [-0.15, -0.1) is 6.42 Å². The van der Waals surface area contributed by atoms with Gasteiger partial charge < -0.3 is 5.32 Å². The molecule has 1 aliphatic heterocycles. The lowest BCUT2D eigenvalue weighted by molar-refractivity contribution is -0.115. The number of Topliss-reactive ketones (excluding diaryl/α,β-unsaturated/α-hetero) is 1. The highest BCUT2D eigenvalue weighted by atomic mass is 16.1. The third-order valence-corrected chi connectivity index (χ3v) is 2.54. The predicted octanol–water partition coefficient (Wildman–Crippen LogP) is 0.903. The molecule has 14 heavy (non-hydrogen) atoms. The molecule has 2 heteroatoms. The van der Waals surface area contributed by atoms with Crippen molar-refractivity contribution in [3.8, 4) is 12.3 Å². The normalized spacial score (nSPS) is 19.5. The Morgan fingerprint density at radius 2 is 2.14 bits per heavy atom. The van der Waals surface area contributed by atoms with Gasteiger partial charge in [-0.05, 0) is 23.5 Å². The number of ketones is 1. The molecule has 1 unspecified atom stereocenters. The molecule has 1 heterocycles. The number of nitrogens with one attached hydrogen (secondary N) is 1. The molecule has 70 valence electrons. The maximum absolute atomic E-state index is 11.3. The van der Waals surface area contributed by atoms with Crippen LogP contribution in [0, 0.1) is 12.3 Å². The largest absolute Gasteiger partial charge is 0.302 e. The Morgan fingerprint density at radius 1 is 1.43 bits per heavy atom. The van der Waals surface area contributed by atoms with Crippen LogP contribution in [0.1, 0.15) is 11.1 Å². The fraction of sp³-hybridized carbons (Fsp3) is 0.250. The average molecular weight is 185 g/mol. The number of carbonyl (C=O) groups is 1. The molecule has 0 radical (unpaired) electrons. The van der Waals surface area contributed by atoms with Crippen molar-refractivity contribution in [2.24, 2.45) is 0 Å². The Morgan fingerprint density at radius 3 is 2.86 bits per heavy atom. The summed E-state index contributed by atoms with van der Waals surface area (Å²) in [6.45, 7) is 0.730. The Kier molecular flexibility index (Phi) is 2.34. The number of fused-ring (bicyclic) bond motifs is 1. The molecule has 1 N–H and O–H groups in total. The fourth-order valence-electron chi connectivity index (χ4n) is 1.74. The number of terminal acetylenes is 1. The van der Waals surface area contributed by atoms with Gasteiger partial charge in [0.25, 0.3) is 0 Å². The predicted molar refractivity (Wildman–Crippen MR) is 54.6 cm³/mol. The van der Waals surface area contributed by atoms with Gasteiger partial charge in [0, 0.05) is 6.54 Å². The quantitative estimate of drug-likeness (QED) is 0.520. The standard InChI is InChI=1S/C12H11NO/c1-2-12(14)11-7-9-5-3-4-6-10(9)8-13-11/h1,3-6,11,13H,7-8H2. The van der Waals surface area contributed by atoms with Crippen LogP contribution in [0.15, 0.2) is 24.3 Å². The van der Waals surface area contributed by atoms with Crippen molar-refractivity contribution in [2.45, 2.75) is 19.0 Å². The highest BCUT2D eigenvalue weighted by molar-refractivity contribution is 5.99. The number of hydrogen-bond donors (Lipinski definition) is 1. The third-order valence-electron chi connectivity index (χ3n) is 2.54. The topological polar surface area (TPSA) is 29.1 Å². The summed E-state index contributed by atoms with van der Waals surface area (Å²) < 4.78 is 0. The fourth-order valence-corrected chi connectivity index (χ4v) is 1.74. The van der Waals surface area contributed by atoms with E-state index in [1.165, 1.54) is 11.1 Å². The second-order valence-corrected chi connectivity index (χ2v) is 3.41. The van der Waals surface area contributed by atoms with E-state index in [0.29, 0.717) is 6.42 Å². The molecule has 1 aromatic rings. The molecule has 1 atom stereocenters. The molecule has 1 aromatic carbocycles. The van der Waals surface area contributed by atoms with Gasteiger partial charge in [-0.1, -0.05) is 24.3 Å². The minimum Gasteiger partial charge on any atom is -0.302 e. The van der Waals surface area contributed by atoms with Gasteiger partial charge in [-0.2, -0.15) is 0 Å². The summed E-state index contributed by atoms with van der Waals surface area (Å²) >= 11 is 0. The molecular weight excluding hydrogens is 174 g/mol. The summed E-state index contributed by atoms with van der Waals surface area (Å²) in [5.74, 6) is 2.01. The Balaban J connectivity index is 2.22. The lowest BCUT2D eigenvalue weighted by Crippen LogP contribution is -2.41. The average Bonchev–Trinajstić information content (AvgIpc) is 2.27. The highest BCUT2D eigenvalue weighted by Crippen LogP contribution is 2.16. The van der Waals surface area contributed by atoms with Crippen molar-refractivity contribution in [3.63, 3.8) is 0 Å². The first-order valence-corrected chi connectivity index (χ1v) is 4.62. The van der Waals surface area contributed by atoms with Crippen LogP contribution in [-0.4, -0.2) is 11.8 Å². The van der Waals surface area contributed by atoms with Crippen molar-refractivity contribution in [2.75, 3.05) is 0 Å². The van der Waals surface area contributed by atoms with Crippen LogP contribution in [0.4, 0.5) is 0 Å². The van der Waals surface area contributed by atoms with E-state index < -0.39 is 0 Å². The van der Waals surface area contributed by atoms with Gasteiger partial charge in [-0.3, -0.25) is 4.79 Å². The molecule has 2 nitrogen and oxygen atoms in total. The van der Waals surface area contributed by atoms with Gasteiger partial charge in [0.2, 0.25) is 5.78 Å². The van der Waals surface area contributed by atoms with Gasteiger partial charge in [0.05, 0.1) is 6.04 Å². The van der Waals surface area contributed by atoms with E-state index >= 15 is 0 Å². The maximum Gasteiger partial charge on any atom is 0.222 e. The summed E-state index contributed by atoms with van der Waals surface area (Å²) in [7, 11) is 0. The summed E-state index contributed by atoms with van der Waals surface area (Å²) in [4.78, 5) is 11.3. The van der Waals surface area contributed by atoms with Crippen molar-refractivity contribution in [3.05, 3.63) is 35.4 Å². The van der Waals surface area contributed by atoms with Crippen molar-refractivity contribution >= 4 is 5.78 Å². The minimum atomic E-state index is -0.199. The Hall–Kier alpha value is -1.59. The molecule has 0 spiro atoms.